The Morgan fingerprint density at radius 1 is 1.09 bits per heavy atom. The first kappa shape index (κ1) is 13.6. The monoisotopic (exact) mass is 318 g/mol. The van der Waals surface area contributed by atoms with E-state index in [1.54, 1.807) is 12.1 Å². The van der Waals surface area contributed by atoms with E-state index in [1.165, 1.54) is 11.3 Å². The van der Waals surface area contributed by atoms with Gasteiger partial charge in [-0.1, -0.05) is 24.3 Å². The lowest BCUT2D eigenvalue weighted by Crippen LogP contribution is -2.11. The largest absolute Gasteiger partial charge is 0.340 e. The molecular weight excluding hydrogens is 308 g/mol. The van der Waals surface area contributed by atoms with Gasteiger partial charge in [-0.25, -0.2) is 9.97 Å². The van der Waals surface area contributed by atoms with Gasteiger partial charge in [0.05, 0.1) is 22.5 Å². The molecule has 23 heavy (non-hydrogen) atoms. The molecular formula is C17H10N4OS. The Hall–Kier alpha value is -3.04. The predicted octanol–water partition coefficient (Wildman–Crippen LogP) is 3.19. The van der Waals surface area contributed by atoms with Crippen LogP contribution in [-0.2, 0) is 0 Å². The Balaban J connectivity index is 1.90. The number of imidazole rings is 1. The van der Waals surface area contributed by atoms with E-state index >= 15 is 0 Å². The van der Waals surface area contributed by atoms with E-state index in [9.17, 15) is 10.1 Å². The highest BCUT2D eigenvalue weighted by Gasteiger charge is 2.21. The second-order valence-corrected chi connectivity index (χ2v) is 6.12. The van der Waals surface area contributed by atoms with Crippen LogP contribution in [0.4, 0.5) is 0 Å². The molecule has 2 aromatic carbocycles. The molecule has 0 saturated heterocycles. The summed E-state index contributed by atoms with van der Waals surface area (Å²) in [5, 5.41) is 10.6. The fourth-order valence-corrected chi connectivity index (χ4v) is 3.54. The molecule has 1 unspecified atom stereocenters. The zero-order valence-electron chi connectivity index (χ0n) is 11.9. The van der Waals surface area contributed by atoms with Gasteiger partial charge in [-0.3, -0.25) is 4.79 Å². The molecule has 2 heterocycles. The number of nitriles is 1. The maximum Gasteiger partial charge on any atom is 0.279 e. The van der Waals surface area contributed by atoms with E-state index in [0.717, 1.165) is 15.7 Å². The van der Waals surface area contributed by atoms with E-state index < -0.39 is 5.92 Å². The second-order valence-electron chi connectivity index (χ2n) is 5.05. The molecule has 0 spiro atoms. The average molecular weight is 318 g/mol. The number of para-hydroxylation sites is 2. The van der Waals surface area contributed by atoms with Crippen molar-refractivity contribution in [2.45, 2.75) is 5.92 Å². The molecule has 0 aliphatic rings. The molecule has 6 heteroatoms. The minimum atomic E-state index is -0.690. The van der Waals surface area contributed by atoms with Crippen LogP contribution >= 0.6 is 11.3 Å². The third-order valence-corrected chi connectivity index (χ3v) is 4.71. The molecule has 0 amide bonds. The van der Waals surface area contributed by atoms with Crippen molar-refractivity contribution in [3.05, 3.63) is 69.7 Å². The van der Waals surface area contributed by atoms with Crippen molar-refractivity contribution in [1.82, 2.24) is 15.0 Å². The summed E-state index contributed by atoms with van der Waals surface area (Å²) in [6.45, 7) is 0. The molecule has 5 nitrogen and oxygen atoms in total. The minimum Gasteiger partial charge on any atom is -0.340 e. The van der Waals surface area contributed by atoms with Crippen LogP contribution in [0.25, 0.3) is 21.1 Å². The normalized spacial score (nSPS) is 12.3. The zero-order chi connectivity index (χ0) is 15.8. The van der Waals surface area contributed by atoms with Crippen LogP contribution < -0.4 is 5.56 Å². The van der Waals surface area contributed by atoms with Crippen LogP contribution in [0.5, 0.6) is 0 Å². The van der Waals surface area contributed by atoms with Crippen molar-refractivity contribution in [2.24, 2.45) is 0 Å². The number of nitrogens with zero attached hydrogens (tertiary/aromatic N) is 3. The van der Waals surface area contributed by atoms with Crippen molar-refractivity contribution < 1.29 is 0 Å². The number of H-pyrrole nitrogens is 1. The summed E-state index contributed by atoms with van der Waals surface area (Å²) in [5.74, 6) is -0.183. The summed E-state index contributed by atoms with van der Waals surface area (Å²) in [6, 6.07) is 17.0. The van der Waals surface area contributed by atoms with Gasteiger partial charge in [-0.15, -0.1) is 11.3 Å². The molecule has 4 aromatic rings. The van der Waals surface area contributed by atoms with Crippen LogP contribution in [0.2, 0.25) is 0 Å². The Kier molecular flexibility index (Phi) is 3.14. The highest BCUT2D eigenvalue weighted by Crippen LogP contribution is 2.27. The van der Waals surface area contributed by atoms with Gasteiger partial charge in [0.2, 0.25) is 0 Å². The number of hydrogen-bond donors (Lipinski definition) is 1. The molecule has 0 fully saturated rings. The van der Waals surface area contributed by atoms with E-state index in [2.05, 4.69) is 21.0 Å². The highest BCUT2D eigenvalue weighted by atomic mass is 32.1. The third-order valence-electron chi connectivity index (χ3n) is 3.60. The van der Waals surface area contributed by atoms with E-state index in [1.807, 2.05) is 36.4 Å². The number of aromatic amines is 1. The summed E-state index contributed by atoms with van der Waals surface area (Å²) < 4.78 is 0.818. The smallest absolute Gasteiger partial charge is 0.279 e. The van der Waals surface area contributed by atoms with Crippen molar-refractivity contribution in [3.63, 3.8) is 0 Å². The molecule has 0 saturated carbocycles. The lowest BCUT2D eigenvalue weighted by atomic mass is 10.2. The number of aromatic nitrogens is 3. The topological polar surface area (TPSA) is 82.4 Å². The fourth-order valence-electron chi connectivity index (χ4n) is 2.49. The summed E-state index contributed by atoms with van der Waals surface area (Å²) in [6.07, 6.45) is 0. The van der Waals surface area contributed by atoms with Gasteiger partial charge < -0.3 is 4.98 Å². The average Bonchev–Trinajstić information content (AvgIpc) is 2.99. The van der Waals surface area contributed by atoms with E-state index in [4.69, 9.17) is 0 Å². The van der Waals surface area contributed by atoms with Crippen molar-refractivity contribution in [2.75, 3.05) is 0 Å². The number of hydrogen-bond acceptors (Lipinski definition) is 5. The standard InChI is InChI=1S/C17H10N4OS/c18-9-11(15-19-12-6-2-3-7-13(12)20-15)17-21-16(22)10-5-1-4-8-14(10)23-17/h1-8,11H,(H,19,20). The van der Waals surface area contributed by atoms with Gasteiger partial charge in [0.25, 0.3) is 5.56 Å². The van der Waals surface area contributed by atoms with Gasteiger partial charge in [-0.05, 0) is 24.3 Å². The summed E-state index contributed by atoms with van der Waals surface area (Å²) in [4.78, 5) is 23.9. The van der Waals surface area contributed by atoms with Crippen LogP contribution in [0.3, 0.4) is 0 Å². The van der Waals surface area contributed by atoms with Crippen LogP contribution in [0.15, 0.2) is 53.3 Å². The van der Waals surface area contributed by atoms with Gasteiger partial charge >= 0.3 is 0 Å². The SMILES string of the molecule is N#CC(c1nc2ccccc2[nH]1)c1nc(=O)c2ccccc2s1. The molecule has 0 bridgehead atoms. The fraction of sp³-hybridized carbons (Fsp3) is 0.0588. The van der Waals surface area contributed by atoms with Crippen molar-refractivity contribution in [1.29, 1.82) is 5.26 Å². The Bertz CT molecular complexity index is 1090. The van der Waals surface area contributed by atoms with Gasteiger partial charge in [-0.2, -0.15) is 5.26 Å². The van der Waals surface area contributed by atoms with Crippen LogP contribution in [0, 0.1) is 11.3 Å². The van der Waals surface area contributed by atoms with Crippen LogP contribution in [-0.4, -0.2) is 15.0 Å². The minimum absolute atomic E-state index is 0.314. The summed E-state index contributed by atoms with van der Waals surface area (Å²) in [5.41, 5.74) is 1.33. The molecule has 0 aliphatic carbocycles. The number of benzene rings is 2. The molecule has 4 rings (SSSR count). The quantitative estimate of drug-likeness (QED) is 0.615. The number of rotatable bonds is 2. The van der Waals surface area contributed by atoms with Gasteiger partial charge in [0.1, 0.15) is 10.8 Å². The molecule has 0 aliphatic heterocycles. The Morgan fingerprint density at radius 3 is 2.70 bits per heavy atom. The first-order valence-electron chi connectivity index (χ1n) is 7.00. The zero-order valence-corrected chi connectivity index (χ0v) is 12.7. The molecule has 0 radical (unpaired) electrons. The first-order chi connectivity index (χ1) is 11.3. The van der Waals surface area contributed by atoms with Crippen molar-refractivity contribution in [3.8, 4) is 6.07 Å². The molecule has 2 aromatic heterocycles. The molecule has 1 N–H and O–H groups in total. The summed E-state index contributed by atoms with van der Waals surface area (Å²) in [7, 11) is 0. The lowest BCUT2D eigenvalue weighted by molar-refractivity contribution is 0.912. The van der Waals surface area contributed by atoms with E-state index in [0.29, 0.717) is 16.2 Å². The van der Waals surface area contributed by atoms with Gasteiger partial charge in [0.15, 0.2) is 5.92 Å². The predicted molar refractivity (Wildman–Crippen MR) is 89.4 cm³/mol. The number of nitrogens with one attached hydrogen (secondary N) is 1. The maximum atomic E-state index is 12.2. The maximum absolute atomic E-state index is 12.2. The van der Waals surface area contributed by atoms with Crippen LogP contribution in [0.1, 0.15) is 16.7 Å². The lowest BCUT2D eigenvalue weighted by Gasteiger charge is -2.05. The molecule has 1 atom stereocenters. The van der Waals surface area contributed by atoms with Gasteiger partial charge in [0, 0.05) is 4.70 Å². The third kappa shape index (κ3) is 2.28. The highest BCUT2D eigenvalue weighted by molar-refractivity contribution is 7.18. The summed E-state index contributed by atoms with van der Waals surface area (Å²) >= 11 is 1.34. The molecule has 110 valence electrons. The van der Waals surface area contributed by atoms with Crippen molar-refractivity contribution >= 4 is 32.5 Å². The number of fused-ring (bicyclic) bond motifs is 2. The second kappa shape index (κ2) is 5.30. The Labute approximate surface area is 134 Å². The first-order valence-corrected chi connectivity index (χ1v) is 7.82. The van der Waals surface area contributed by atoms with E-state index in [-0.39, 0.29) is 5.56 Å². The Morgan fingerprint density at radius 2 is 1.87 bits per heavy atom.